The van der Waals surface area contributed by atoms with E-state index in [-0.39, 0.29) is 40.7 Å². The molecule has 0 bridgehead atoms. The van der Waals surface area contributed by atoms with Crippen LogP contribution in [0.4, 0.5) is 26.3 Å². The number of carbonyl (C=O) groups is 1. The number of alkyl halides is 6. The highest BCUT2D eigenvalue weighted by Crippen LogP contribution is 2.38. The Morgan fingerprint density at radius 3 is 2.09 bits per heavy atom. The van der Waals surface area contributed by atoms with Crippen molar-refractivity contribution in [2.45, 2.75) is 19.3 Å². The molecule has 0 atom stereocenters. The third-order valence-electron chi connectivity index (χ3n) is 4.88. The second kappa shape index (κ2) is 8.47. The van der Waals surface area contributed by atoms with Gasteiger partial charge >= 0.3 is 18.3 Å². The van der Waals surface area contributed by atoms with E-state index in [0.717, 1.165) is 0 Å². The van der Waals surface area contributed by atoms with Gasteiger partial charge in [0.25, 0.3) is 0 Å². The second-order valence-corrected chi connectivity index (χ2v) is 7.18. The molecular weight excluding hydrogens is 464 g/mol. The summed E-state index contributed by atoms with van der Waals surface area (Å²) in [4.78, 5) is 16.7. The number of ether oxygens (including phenoxy) is 1. The van der Waals surface area contributed by atoms with Crippen LogP contribution < -0.4 is 0 Å². The minimum atomic E-state index is -5.00. The third kappa shape index (κ3) is 4.45. The number of esters is 1. The molecule has 176 valence electrons. The lowest BCUT2D eigenvalue weighted by atomic mass is 10.0. The Morgan fingerprint density at radius 2 is 1.53 bits per heavy atom. The number of hydrogen-bond donors (Lipinski definition) is 0. The molecule has 0 saturated heterocycles. The van der Waals surface area contributed by atoms with Gasteiger partial charge in [-0.1, -0.05) is 18.2 Å². The van der Waals surface area contributed by atoms with Crippen molar-refractivity contribution in [1.82, 2.24) is 14.8 Å². The first-order valence-corrected chi connectivity index (χ1v) is 9.91. The van der Waals surface area contributed by atoms with E-state index in [1.54, 1.807) is 37.3 Å². The van der Waals surface area contributed by atoms with Crippen molar-refractivity contribution >= 4 is 17.0 Å². The van der Waals surface area contributed by atoms with Gasteiger partial charge in [0.05, 0.1) is 34.5 Å². The fourth-order valence-corrected chi connectivity index (χ4v) is 3.36. The van der Waals surface area contributed by atoms with Crippen LogP contribution in [-0.2, 0) is 17.1 Å². The Bertz CT molecular complexity index is 1330. The minimum absolute atomic E-state index is 0.0507. The lowest BCUT2D eigenvalue weighted by Gasteiger charge is -2.14. The maximum Gasteiger partial charge on any atom is 0.416 e. The van der Waals surface area contributed by atoms with Crippen molar-refractivity contribution in [3.63, 3.8) is 0 Å². The Labute approximate surface area is 188 Å². The van der Waals surface area contributed by atoms with Crippen LogP contribution in [0.25, 0.3) is 28.0 Å². The molecule has 2 heterocycles. The van der Waals surface area contributed by atoms with Crippen LogP contribution in [0.2, 0.25) is 0 Å². The summed E-state index contributed by atoms with van der Waals surface area (Å²) in [6.45, 7) is 1.69. The highest BCUT2D eigenvalue weighted by Gasteiger charge is 2.37. The van der Waals surface area contributed by atoms with Crippen LogP contribution >= 0.6 is 0 Å². The predicted octanol–water partition coefficient (Wildman–Crippen LogP) is 6.30. The lowest BCUT2D eigenvalue weighted by molar-refractivity contribution is -0.143. The van der Waals surface area contributed by atoms with Crippen molar-refractivity contribution < 1.29 is 35.9 Å². The van der Waals surface area contributed by atoms with Gasteiger partial charge in [-0.15, -0.1) is 0 Å². The van der Waals surface area contributed by atoms with Gasteiger partial charge in [-0.2, -0.15) is 31.4 Å². The van der Waals surface area contributed by atoms with Gasteiger partial charge in [0, 0.05) is 5.56 Å². The average Bonchev–Trinajstić information content (AvgIpc) is 3.17. The molecular formula is C23H15F6N3O2. The first-order valence-electron chi connectivity index (χ1n) is 9.91. The van der Waals surface area contributed by atoms with Crippen LogP contribution in [0, 0.1) is 0 Å². The van der Waals surface area contributed by atoms with Gasteiger partial charge in [-0.3, -0.25) is 0 Å². The molecule has 4 rings (SSSR count). The Morgan fingerprint density at radius 1 is 0.912 bits per heavy atom. The number of rotatable bonds is 4. The van der Waals surface area contributed by atoms with E-state index in [4.69, 9.17) is 4.74 Å². The quantitative estimate of drug-likeness (QED) is 0.255. The van der Waals surface area contributed by atoms with Crippen molar-refractivity contribution in [2.24, 2.45) is 0 Å². The number of halogens is 6. The summed E-state index contributed by atoms with van der Waals surface area (Å²) in [5, 5.41) is 4.48. The molecule has 2 aromatic carbocycles. The number of aromatic nitrogens is 3. The van der Waals surface area contributed by atoms with Crippen LogP contribution in [-0.4, -0.2) is 27.3 Å². The summed E-state index contributed by atoms with van der Waals surface area (Å²) in [6, 6.07) is 12.3. The largest absolute Gasteiger partial charge is 0.461 e. The summed E-state index contributed by atoms with van der Waals surface area (Å²) < 4.78 is 86.1. The molecule has 0 radical (unpaired) electrons. The predicted molar refractivity (Wildman–Crippen MR) is 110 cm³/mol. The molecule has 11 heteroatoms. The summed E-state index contributed by atoms with van der Waals surface area (Å²) in [5.41, 5.74) is -2.99. The molecule has 0 unspecified atom stereocenters. The fourth-order valence-electron chi connectivity index (χ4n) is 3.36. The highest BCUT2D eigenvalue weighted by atomic mass is 19.4. The summed E-state index contributed by atoms with van der Waals surface area (Å²) in [7, 11) is 0. The molecule has 5 nitrogen and oxygen atoms in total. The maximum absolute atomic E-state index is 13.3. The monoisotopic (exact) mass is 479 g/mol. The van der Waals surface area contributed by atoms with Gasteiger partial charge < -0.3 is 4.74 Å². The molecule has 0 aliphatic carbocycles. The number of benzene rings is 2. The van der Waals surface area contributed by atoms with E-state index in [2.05, 4.69) is 10.1 Å². The van der Waals surface area contributed by atoms with E-state index < -0.39 is 29.4 Å². The molecule has 0 N–H and O–H groups in total. The Hall–Kier alpha value is -3.89. The topological polar surface area (TPSA) is 57.0 Å². The van der Waals surface area contributed by atoms with Crippen LogP contribution in [0.3, 0.4) is 0 Å². The van der Waals surface area contributed by atoms with E-state index in [9.17, 15) is 31.1 Å². The summed E-state index contributed by atoms with van der Waals surface area (Å²) in [6.07, 6.45) is -9.99. The molecule has 0 aliphatic heterocycles. The van der Waals surface area contributed by atoms with Crippen molar-refractivity contribution in [3.05, 3.63) is 77.5 Å². The van der Waals surface area contributed by atoms with Crippen LogP contribution in [0.15, 0.2) is 60.7 Å². The van der Waals surface area contributed by atoms with Crippen LogP contribution in [0.1, 0.15) is 28.5 Å². The highest BCUT2D eigenvalue weighted by molar-refractivity contribution is 6.02. The molecule has 0 aliphatic rings. The normalized spacial score (nSPS) is 12.2. The van der Waals surface area contributed by atoms with Gasteiger partial charge in [0.15, 0.2) is 11.3 Å². The van der Waals surface area contributed by atoms with E-state index >= 15 is 0 Å². The zero-order valence-corrected chi connectivity index (χ0v) is 17.4. The molecule has 0 amide bonds. The smallest absolute Gasteiger partial charge is 0.416 e. The SMILES string of the molecule is CCOC(=O)c1nn(-c2ccccc2)c2nc(-c3cc(C(F)(F)F)cc(C(F)(F)F)c3)ccc12. The maximum atomic E-state index is 13.3. The number of nitrogens with zero attached hydrogens (tertiary/aromatic N) is 3. The summed E-state index contributed by atoms with van der Waals surface area (Å²) >= 11 is 0. The average molecular weight is 479 g/mol. The zero-order valence-electron chi connectivity index (χ0n) is 17.4. The number of hydrogen-bond acceptors (Lipinski definition) is 4. The van der Waals surface area contributed by atoms with Gasteiger partial charge in [0.1, 0.15) is 0 Å². The Kier molecular flexibility index (Phi) is 5.80. The molecule has 0 spiro atoms. The van der Waals surface area contributed by atoms with Gasteiger partial charge in [-0.05, 0) is 49.4 Å². The molecule has 4 aromatic rings. The molecule has 0 fully saturated rings. The molecule has 0 saturated carbocycles. The van der Waals surface area contributed by atoms with E-state index in [0.29, 0.717) is 17.8 Å². The number of carbonyl (C=O) groups excluding carboxylic acids is 1. The summed E-state index contributed by atoms with van der Waals surface area (Å²) in [5.74, 6) is -0.741. The first-order chi connectivity index (χ1) is 16.0. The van der Waals surface area contributed by atoms with Crippen molar-refractivity contribution in [2.75, 3.05) is 6.61 Å². The van der Waals surface area contributed by atoms with Gasteiger partial charge in [-0.25, -0.2) is 14.5 Å². The number of para-hydroxylation sites is 1. The third-order valence-corrected chi connectivity index (χ3v) is 4.88. The fraction of sp³-hybridized carbons (Fsp3) is 0.174. The van der Waals surface area contributed by atoms with Gasteiger partial charge in [0.2, 0.25) is 0 Å². The molecule has 34 heavy (non-hydrogen) atoms. The van der Waals surface area contributed by atoms with E-state index in [1.807, 2.05) is 0 Å². The minimum Gasteiger partial charge on any atom is -0.461 e. The second-order valence-electron chi connectivity index (χ2n) is 7.18. The lowest BCUT2D eigenvalue weighted by Crippen LogP contribution is -2.11. The zero-order chi connectivity index (χ0) is 24.7. The molecule has 2 aromatic heterocycles. The Balaban J connectivity index is 1.96. The number of fused-ring (bicyclic) bond motifs is 1. The van der Waals surface area contributed by atoms with E-state index in [1.165, 1.54) is 16.8 Å². The van der Waals surface area contributed by atoms with Crippen molar-refractivity contribution in [3.8, 4) is 16.9 Å². The standard InChI is InChI=1S/C23H15F6N3O2/c1-2-34-21(33)19-17-8-9-18(30-20(17)32(31-19)16-6-4-3-5-7-16)13-10-14(22(24,25)26)12-15(11-13)23(27,28)29/h3-12H,2H2,1H3. The van der Waals surface area contributed by atoms with Crippen LogP contribution in [0.5, 0.6) is 0 Å². The number of pyridine rings is 1. The first kappa shape index (κ1) is 23.3. The van der Waals surface area contributed by atoms with Crippen molar-refractivity contribution in [1.29, 1.82) is 0 Å².